The van der Waals surface area contributed by atoms with Crippen molar-refractivity contribution in [1.29, 1.82) is 0 Å². The van der Waals surface area contributed by atoms with Gasteiger partial charge in [-0.05, 0) is 23.3 Å². The molecule has 0 bridgehead atoms. The maximum Gasteiger partial charge on any atom is 0.180 e. The SMILES string of the molecule is CN1/C(=C\C(=O)/C=C/c2ccccc2)C(C)(C)c2ccccc21. The largest absolute Gasteiger partial charge is 0.347 e. The lowest BCUT2D eigenvalue weighted by atomic mass is 9.83. The van der Waals surface area contributed by atoms with E-state index in [0.717, 1.165) is 11.3 Å². The Kier molecular flexibility index (Phi) is 3.91. The minimum atomic E-state index is -0.165. The van der Waals surface area contributed by atoms with Gasteiger partial charge in [0.05, 0.1) is 0 Å². The van der Waals surface area contributed by atoms with Crippen LogP contribution < -0.4 is 4.90 Å². The average Bonchev–Trinajstić information content (AvgIpc) is 2.75. The number of allylic oxidation sites excluding steroid dienone is 3. The molecular formula is C21H21NO. The van der Waals surface area contributed by atoms with Crippen LogP contribution in [0.3, 0.4) is 0 Å². The third-order valence-corrected chi connectivity index (χ3v) is 4.46. The van der Waals surface area contributed by atoms with E-state index in [2.05, 4.69) is 36.9 Å². The molecule has 0 aromatic heterocycles. The molecule has 2 aromatic carbocycles. The Morgan fingerprint density at radius 3 is 2.35 bits per heavy atom. The lowest BCUT2D eigenvalue weighted by Gasteiger charge is -2.23. The lowest BCUT2D eigenvalue weighted by molar-refractivity contribution is -0.110. The van der Waals surface area contributed by atoms with Crippen LogP contribution in [-0.2, 0) is 10.2 Å². The molecule has 2 nitrogen and oxygen atoms in total. The van der Waals surface area contributed by atoms with Crippen molar-refractivity contribution in [3.05, 3.63) is 83.6 Å². The number of para-hydroxylation sites is 1. The molecule has 0 fully saturated rings. The predicted octanol–water partition coefficient (Wildman–Crippen LogP) is 4.58. The van der Waals surface area contributed by atoms with Gasteiger partial charge in [-0.25, -0.2) is 0 Å². The molecule has 0 saturated heterocycles. The molecule has 0 unspecified atom stereocenters. The lowest BCUT2D eigenvalue weighted by Crippen LogP contribution is -2.23. The average molecular weight is 303 g/mol. The van der Waals surface area contributed by atoms with E-state index >= 15 is 0 Å². The van der Waals surface area contributed by atoms with Gasteiger partial charge in [0.1, 0.15) is 0 Å². The van der Waals surface area contributed by atoms with E-state index in [0.29, 0.717) is 0 Å². The van der Waals surface area contributed by atoms with Crippen molar-refractivity contribution in [2.24, 2.45) is 0 Å². The molecule has 1 heterocycles. The summed E-state index contributed by atoms with van der Waals surface area (Å²) in [6.45, 7) is 4.32. The molecule has 1 aliphatic heterocycles. The third kappa shape index (κ3) is 2.85. The third-order valence-electron chi connectivity index (χ3n) is 4.46. The molecule has 0 radical (unpaired) electrons. The Bertz CT molecular complexity index is 784. The van der Waals surface area contributed by atoms with Gasteiger partial charge in [0, 0.05) is 29.9 Å². The van der Waals surface area contributed by atoms with Crippen LogP contribution >= 0.6 is 0 Å². The minimum Gasteiger partial charge on any atom is -0.347 e. The van der Waals surface area contributed by atoms with E-state index in [1.165, 1.54) is 11.3 Å². The molecule has 0 spiro atoms. The highest BCUT2D eigenvalue weighted by Crippen LogP contribution is 2.46. The van der Waals surface area contributed by atoms with Gasteiger partial charge in [0.15, 0.2) is 5.78 Å². The molecule has 0 aliphatic carbocycles. The second kappa shape index (κ2) is 5.88. The minimum absolute atomic E-state index is 0.0107. The fraction of sp³-hybridized carbons (Fsp3) is 0.190. The number of carbonyl (C=O) groups excluding carboxylic acids is 1. The van der Waals surface area contributed by atoms with Crippen LogP contribution in [0.25, 0.3) is 6.08 Å². The van der Waals surface area contributed by atoms with Gasteiger partial charge in [-0.15, -0.1) is 0 Å². The molecule has 0 amide bonds. The Hall–Kier alpha value is -2.61. The molecule has 1 aliphatic rings. The molecule has 2 aromatic rings. The quantitative estimate of drug-likeness (QED) is 0.774. The van der Waals surface area contributed by atoms with Crippen LogP contribution in [0.2, 0.25) is 0 Å². The van der Waals surface area contributed by atoms with Gasteiger partial charge in [-0.1, -0.05) is 68.5 Å². The number of benzene rings is 2. The highest BCUT2D eigenvalue weighted by Gasteiger charge is 2.38. The summed E-state index contributed by atoms with van der Waals surface area (Å²) in [6.07, 6.45) is 5.24. The summed E-state index contributed by atoms with van der Waals surface area (Å²) in [5.74, 6) is 0.0107. The normalized spacial score (nSPS) is 17.7. The number of hydrogen-bond donors (Lipinski definition) is 0. The van der Waals surface area contributed by atoms with Crippen LogP contribution in [0.5, 0.6) is 0 Å². The second-order valence-electron chi connectivity index (χ2n) is 6.38. The Balaban J connectivity index is 1.88. The molecule has 3 rings (SSSR count). The molecule has 0 atom stereocenters. The molecule has 0 N–H and O–H groups in total. The highest BCUT2D eigenvalue weighted by molar-refractivity contribution is 6.03. The zero-order valence-corrected chi connectivity index (χ0v) is 13.8. The molecule has 0 saturated carbocycles. The highest BCUT2D eigenvalue weighted by atomic mass is 16.1. The van der Waals surface area contributed by atoms with Gasteiger partial charge in [0.2, 0.25) is 0 Å². The second-order valence-corrected chi connectivity index (χ2v) is 6.38. The first-order valence-electron chi connectivity index (χ1n) is 7.82. The van der Waals surface area contributed by atoms with E-state index < -0.39 is 0 Å². The number of likely N-dealkylation sites (N-methyl/N-ethyl adjacent to an activating group) is 1. The topological polar surface area (TPSA) is 20.3 Å². The standard InChI is InChI=1S/C21H21NO/c1-21(2)18-11-7-8-12-19(18)22(3)20(21)15-17(23)14-13-16-9-5-4-6-10-16/h4-15H,1-3H3/b14-13+,20-15-. The number of fused-ring (bicyclic) bond motifs is 1. The van der Waals surface area contributed by atoms with Gasteiger partial charge in [-0.2, -0.15) is 0 Å². The first-order valence-corrected chi connectivity index (χ1v) is 7.82. The molecule has 116 valence electrons. The van der Waals surface area contributed by atoms with Crippen molar-refractivity contribution in [1.82, 2.24) is 0 Å². The predicted molar refractivity (Wildman–Crippen MR) is 96.4 cm³/mol. The fourth-order valence-corrected chi connectivity index (χ4v) is 3.18. The van der Waals surface area contributed by atoms with E-state index in [1.54, 1.807) is 12.2 Å². The smallest absolute Gasteiger partial charge is 0.180 e. The number of hydrogen-bond acceptors (Lipinski definition) is 2. The van der Waals surface area contributed by atoms with Crippen LogP contribution in [0, 0.1) is 0 Å². The number of anilines is 1. The fourth-order valence-electron chi connectivity index (χ4n) is 3.18. The summed E-state index contributed by atoms with van der Waals surface area (Å²) in [7, 11) is 2.02. The zero-order valence-electron chi connectivity index (χ0n) is 13.8. The van der Waals surface area contributed by atoms with Gasteiger partial charge < -0.3 is 4.90 Å². The maximum absolute atomic E-state index is 12.4. The van der Waals surface area contributed by atoms with E-state index in [4.69, 9.17) is 0 Å². The van der Waals surface area contributed by atoms with Crippen molar-refractivity contribution < 1.29 is 4.79 Å². The van der Waals surface area contributed by atoms with Crippen molar-refractivity contribution in [3.63, 3.8) is 0 Å². The summed E-state index contributed by atoms with van der Waals surface area (Å²) in [5.41, 5.74) is 4.32. The Morgan fingerprint density at radius 2 is 1.65 bits per heavy atom. The molecule has 2 heteroatoms. The monoisotopic (exact) mass is 303 g/mol. The van der Waals surface area contributed by atoms with Crippen molar-refractivity contribution in [2.75, 3.05) is 11.9 Å². The summed E-state index contributed by atoms with van der Waals surface area (Å²) in [5, 5.41) is 0. The number of ketones is 1. The first kappa shape index (κ1) is 15.3. The zero-order chi connectivity index (χ0) is 16.4. The number of nitrogens with zero attached hydrogens (tertiary/aromatic N) is 1. The first-order chi connectivity index (χ1) is 11.0. The van der Waals surface area contributed by atoms with Crippen LogP contribution in [0.4, 0.5) is 5.69 Å². The van der Waals surface area contributed by atoms with Crippen molar-refractivity contribution in [3.8, 4) is 0 Å². The number of rotatable bonds is 3. The van der Waals surface area contributed by atoms with Gasteiger partial charge >= 0.3 is 0 Å². The summed E-state index contributed by atoms with van der Waals surface area (Å²) in [4.78, 5) is 14.5. The summed E-state index contributed by atoms with van der Waals surface area (Å²) >= 11 is 0. The molecular weight excluding hydrogens is 282 g/mol. The van der Waals surface area contributed by atoms with E-state index in [9.17, 15) is 4.79 Å². The summed E-state index contributed by atoms with van der Waals surface area (Å²) in [6, 6.07) is 18.2. The Labute approximate surface area is 137 Å². The molecule has 23 heavy (non-hydrogen) atoms. The van der Waals surface area contributed by atoms with E-state index in [-0.39, 0.29) is 11.2 Å². The number of carbonyl (C=O) groups is 1. The Morgan fingerprint density at radius 1 is 1.00 bits per heavy atom. The maximum atomic E-state index is 12.4. The van der Waals surface area contributed by atoms with Crippen molar-refractivity contribution >= 4 is 17.5 Å². The van der Waals surface area contributed by atoms with Gasteiger partial charge in [-0.3, -0.25) is 4.79 Å². The van der Waals surface area contributed by atoms with Crippen LogP contribution in [0.1, 0.15) is 25.0 Å². The van der Waals surface area contributed by atoms with E-state index in [1.807, 2.05) is 49.5 Å². The van der Waals surface area contributed by atoms with Gasteiger partial charge in [0.25, 0.3) is 0 Å². The van der Waals surface area contributed by atoms with Crippen LogP contribution in [-0.4, -0.2) is 12.8 Å². The van der Waals surface area contributed by atoms with Crippen molar-refractivity contribution in [2.45, 2.75) is 19.3 Å². The summed E-state index contributed by atoms with van der Waals surface area (Å²) < 4.78 is 0. The van der Waals surface area contributed by atoms with Crippen LogP contribution in [0.15, 0.2) is 72.4 Å².